The number of urea groups is 1. The van der Waals surface area contributed by atoms with Gasteiger partial charge in [-0.2, -0.15) is 0 Å². The largest absolute Gasteiger partial charge is 0.363 e. The number of aromatic nitrogens is 1. The molecule has 12 nitrogen and oxygen atoms in total. The van der Waals surface area contributed by atoms with E-state index in [1.54, 1.807) is 27.0 Å². The number of hydrogen-bond acceptors (Lipinski definition) is 8. The SMILES string of the molecule is Cc1cnc(C(=O)C(NC(=O)NC(C(=O)N2CCCC2C(=O)NC(CC2CC2)C(=O)C(N)=O)C(C)(C)C)C(C)C)s1. The van der Waals surface area contributed by atoms with Gasteiger partial charge < -0.3 is 26.6 Å². The van der Waals surface area contributed by atoms with Crippen LogP contribution >= 0.6 is 11.3 Å². The Hall–Kier alpha value is -3.35. The Labute approximate surface area is 244 Å². The van der Waals surface area contributed by atoms with Crippen molar-refractivity contribution >= 4 is 46.7 Å². The minimum Gasteiger partial charge on any atom is -0.363 e. The summed E-state index contributed by atoms with van der Waals surface area (Å²) < 4.78 is 0. The van der Waals surface area contributed by atoms with Crippen LogP contribution in [-0.2, 0) is 19.2 Å². The summed E-state index contributed by atoms with van der Waals surface area (Å²) in [6.07, 6.45) is 4.70. The molecule has 1 aromatic heterocycles. The third kappa shape index (κ3) is 8.34. The van der Waals surface area contributed by atoms with E-state index in [0.717, 1.165) is 17.7 Å². The molecule has 4 unspecified atom stereocenters. The summed E-state index contributed by atoms with van der Waals surface area (Å²) in [6.45, 7) is 11.1. The van der Waals surface area contributed by atoms with E-state index >= 15 is 0 Å². The van der Waals surface area contributed by atoms with Crippen LogP contribution in [0.5, 0.6) is 0 Å². The Morgan fingerprint density at radius 3 is 2.24 bits per heavy atom. The number of nitrogens with zero attached hydrogens (tertiary/aromatic N) is 2. The lowest BCUT2D eigenvalue weighted by Crippen LogP contribution is -2.61. The number of nitrogens with two attached hydrogens (primary N) is 1. The van der Waals surface area contributed by atoms with Crippen LogP contribution in [0.25, 0.3) is 0 Å². The van der Waals surface area contributed by atoms with Crippen molar-refractivity contribution in [3.63, 3.8) is 0 Å². The zero-order valence-electron chi connectivity index (χ0n) is 24.6. The van der Waals surface area contributed by atoms with Crippen molar-refractivity contribution in [2.75, 3.05) is 6.54 Å². The van der Waals surface area contributed by atoms with Gasteiger partial charge in [-0.25, -0.2) is 9.78 Å². The lowest BCUT2D eigenvalue weighted by atomic mass is 9.85. The van der Waals surface area contributed by atoms with Crippen LogP contribution in [0.1, 0.15) is 81.4 Å². The number of nitrogens with one attached hydrogen (secondary N) is 3. The second kappa shape index (κ2) is 13.1. The van der Waals surface area contributed by atoms with Crippen molar-refractivity contribution in [3.05, 3.63) is 16.1 Å². The van der Waals surface area contributed by atoms with Gasteiger partial charge in [0.25, 0.3) is 5.91 Å². The molecule has 0 spiro atoms. The quantitative estimate of drug-likeness (QED) is 0.211. The molecule has 0 radical (unpaired) electrons. The van der Waals surface area contributed by atoms with Gasteiger partial charge in [0.1, 0.15) is 12.1 Å². The Bertz CT molecular complexity index is 1190. The number of carbonyl (C=O) groups excluding carboxylic acids is 6. The number of carbonyl (C=O) groups is 6. The highest BCUT2D eigenvalue weighted by molar-refractivity contribution is 7.13. The van der Waals surface area contributed by atoms with E-state index in [9.17, 15) is 28.8 Å². The van der Waals surface area contributed by atoms with Crippen LogP contribution in [0.2, 0.25) is 0 Å². The number of ketones is 2. The molecule has 5 N–H and O–H groups in total. The summed E-state index contributed by atoms with van der Waals surface area (Å²) in [5.41, 5.74) is 4.47. The zero-order valence-corrected chi connectivity index (χ0v) is 25.4. The van der Waals surface area contributed by atoms with Gasteiger partial charge in [0.05, 0.1) is 12.1 Å². The highest BCUT2D eigenvalue weighted by Gasteiger charge is 2.43. The van der Waals surface area contributed by atoms with Crippen LogP contribution in [0.4, 0.5) is 4.79 Å². The topological polar surface area (TPSA) is 181 Å². The molecule has 5 amide bonds. The van der Waals surface area contributed by atoms with E-state index < -0.39 is 59.1 Å². The van der Waals surface area contributed by atoms with Gasteiger partial charge in [0.2, 0.25) is 23.4 Å². The van der Waals surface area contributed by atoms with Crippen molar-refractivity contribution in [2.45, 2.75) is 97.8 Å². The van der Waals surface area contributed by atoms with Crippen molar-refractivity contribution < 1.29 is 28.8 Å². The fraction of sp³-hybridized carbons (Fsp3) is 0.679. The van der Waals surface area contributed by atoms with Gasteiger partial charge in [-0.15, -0.1) is 11.3 Å². The number of thiazole rings is 1. The lowest BCUT2D eigenvalue weighted by Gasteiger charge is -2.36. The summed E-state index contributed by atoms with van der Waals surface area (Å²) in [4.78, 5) is 83.7. The average molecular weight is 591 g/mol. The molecule has 226 valence electrons. The smallest absolute Gasteiger partial charge is 0.316 e. The average Bonchev–Trinajstić information content (AvgIpc) is 3.37. The second-order valence-corrected chi connectivity index (χ2v) is 13.7. The predicted molar refractivity (Wildman–Crippen MR) is 153 cm³/mol. The second-order valence-electron chi connectivity index (χ2n) is 12.4. The van der Waals surface area contributed by atoms with Gasteiger partial charge in [0.15, 0.2) is 5.01 Å². The first kappa shape index (κ1) is 32.2. The molecule has 2 heterocycles. The van der Waals surface area contributed by atoms with E-state index in [2.05, 4.69) is 20.9 Å². The summed E-state index contributed by atoms with van der Waals surface area (Å²) in [5.74, 6) is -3.24. The Morgan fingerprint density at radius 2 is 1.73 bits per heavy atom. The Kier molecular flexibility index (Phi) is 10.3. The van der Waals surface area contributed by atoms with E-state index in [0.29, 0.717) is 30.8 Å². The van der Waals surface area contributed by atoms with Crippen molar-refractivity contribution in [1.82, 2.24) is 25.8 Å². The molecule has 3 rings (SSSR count). The normalized spacial score (nSPS) is 19.3. The van der Waals surface area contributed by atoms with Crippen LogP contribution < -0.4 is 21.7 Å². The first-order valence-corrected chi connectivity index (χ1v) is 14.9. The molecule has 1 aliphatic heterocycles. The molecule has 13 heteroatoms. The molecule has 2 fully saturated rings. The molecule has 4 atom stereocenters. The van der Waals surface area contributed by atoms with Gasteiger partial charge in [-0.05, 0) is 43.4 Å². The molecular formula is C28H42N6O6S. The summed E-state index contributed by atoms with van der Waals surface area (Å²) in [7, 11) is 0. The summed E-state index contributed by atoms with van der Waals surface area (Å²) in [6, 6.07) is -4.45. The number of primary amides is 1. The minimum atomic E-state index is -1.11. The van der Waals surface area contributed by atoms with E-state index in [1.165, 1.54) is 16.2 Å². The van der Waals surface area contributed by atoms with Gasteiger partial charge >= 0.3 is 6.03 Å². The van der Waals surface area contributed by atoms with Crippen LogP contribution in [-0.4, -0.2) is 75.9 Å². The highest BCUT2D eigenvalue weighted by Crippen LogP contribution is 2.34. The fourth-order valence-corrected chi connectivity index (χ4v) is 5.67. The van der Waals surface area contributed by atoms with E-state index in [-0.39, 0.29) is 17.6 Å². The predicted octanol–water partition coefficient (Wildman–Crippen LogP) is 1.70. The van der Waals surface area contributed by atoms with Crippen molar-refractivity contribution in [3.8, 4) is 0 Å². The maximum absolute atomic E-state index is 13.8. The molecule has 1 saturated heterocycles. The first-order chi connectivity index (χ1) is 19.1. The number of amides is 5. The first-order valence-electron chi connectivity index (χ1n) is 14.1. The monoisotopic (exact) mass is 590 g/mol. The molecule has 0 bridgehead atoms. The number of hydrogen-bond donors (Lipinski definition) is 4. The molecule has 2 aliphatic rings. The molecule has 0 aromatic carbocycles. The standard InChI is InChI=1S/C28H42N6O6S/c1-14(2)19(21(36)25-30-13-15(3)41-25)32-27(40)33-22(28(4,5)6)26(39)34-11-7-8-18(34)24(38)31-17(12-16-9-10-16)20(35)23(29)37/h13-14,16-19,22H,7-12H2,1-6H3,(H2,29,37)(H,31,38)(H2,32,33,40). The summed E-state index contributed by atoms with van der Waals surface area (Å²) >= 11 is 1.25. The minimum absolute atomic E-state index is 0.236. The highest BCUT2D eigenvalue weighted by atomic mass is 32.1. The van der Waals surface area contributed by atoms with Crippen molar-refractivity contribution in [1.29, 1.82) is 0 Å². The summed E-state index contributed by atoms with van der Waals surface area (Å²) in [5, 5.41) is 8.41. The van der Waals surface area contributed by atoms with Gasteiger partial charge in [-0.3, -0.25) is 24.0 Å². The number of aryl methyl sites for hydroxylation is 1. The molecule has 1 aromatic rings. The maximum atomic E-state index is 13.8. The molecule has 1 saturated carbocycles. The Balaban J connectivity index is 1.72. The van der Waals surface area contributed by atoms with Crippen LogP contribution in [0, 0.1) is 24.2 Å². The van der Waals surface area contributed by atoms with Crippen LogP contribution in [0.15, 0.2) is 6.20 Å². The van der Waals surface area contributed by atoms with Crippen molar-refractivity contribution in [2.24, 2.45) is 23.0 Å². The maximum Gasteiger partial charge on any atom is 0.316 e. The van der Waals surface area contributed by atoms with E-state index in [1.807, 2.05) is 20.8 Å². The lowest BCUT2D eigenvalue weighted by molar-refractivity contribution is -0.143. The van der Waals surface area contributed by atoms with Gasteiger partial charge in [0, 0.05) is 17.6 Å². The third-order valence-electron chi connectivity index (χ3n) is 7.44. The Morgan fingerprint density at radius 1 is 1.07 bits per heavy atom. The number of rotatable bonds is 12. The van der Waals surface area contributed by atoms with Crippen LogP contribution in [0.3, 0.4) is 0 Å². The van der Waals surface area contributed by atoms with Gasteiger partial charge in [-0.1, -0.05) is 47.5 Å². The van der Waals surface area contributed by atoms with E-state index in [4.69, 9.17) is 5.73 Å². The molecule has 41 heavy (non-hydrogen) atoms. The molecule has 1 aliphatic carbocycles. The fourth-order valence-electron chi connectivity index (χ4n) is 4.93. The number of Topliss-reactive ketones (excluding diaryl/α,β-unsaturated/α-hetero) is 2. The molecular weight excluding hydrogens is 548 g/mol. The zero-order chi connectivity index (χ0) is 30.6. The third-order valence-corrected chi connectivity index (χ3v) is 8.36. The number of likely N-dealkylation sites (tertiary alicyclic amines) is 1.